The maximum absolute atomic E-state index is 12.4. The number of amides is 1. The minimum absolute atomic E-state index is 0.193. The molecule has 29 heavy (non-hydrogen) atoms. The van der Waals surface area contributed by atoms with Crippen LogP contribution in [0.25, 0.3) is 0 Å². The van der Waals surface area contributed by atoms with Crippen LogP contribution in [0.3, 0.4) is 0 Å². The van der Waals surface area contributed by atoms with E-state index in [4.69, 9.17) is 11.6 Å². The van der Waals surface area contributed by atoms with E-state index in [2.05, 4.69) is 15.0 Å². The Morgan fingerprint density at radius 1 is 1.03 bits per heavy atom. The molecule has 2 N–H and O–H groups in total. The summed E-state index contributed by atoms with van der Waals surface area (Å²) in [7, 11) is -3.64. The Morgan fingerprint density at radius 2 is 1.72 bits per heavy atom. The molecular weight excluding hydrogens is 430 g/mol. The first-order valence-electron chi connectivity index (χ1n) is 8.55. The molecule has 0 radical (unpaired) electrons. The third-order valence-electron chi connectivity index (χ3n) is 3.80. The van der Waals surface area contributed by atoms with Gasteiger partial charge in [-0.2, -0.15) is 0 Å². The molecule has 1 amide bonds. The number of benzene rings is 2. The number of nitrogens with one attached hydrogen (secondary N) is 2. The molecular formula is C20H18ClN3O3S2. The first-order valence-corrected chi connectivity index (χ1v) is 11.4. The van der Waals surface area contributed by atoms with Crippen molar-refractivity contribution in [1.29, 1.82) is 0 Å². The number of carbonyl (C=O) groups is 1. The van der Waals surface area contributed by atoms with E-state index in [-0.39, 0.29) is 16.6 Å². The van der Waals surface area contributed by atoms with E-state index >= 15 is 0 Å². The Labute approximate surface area is 178 Å². The predicted molar refractivity (Wildman–Crippen MR) is 117 cm³/mol. The van der Waals surface area contributed by atoms with Gasteiger partial charge in [-0.05, 0) is 55.5 Å². The van der Waals surface area contributed by atoms with Crippen LogP contribution in [0, 0.1) is 6.92 Å². The Morgan fingerprint density at radius 3 is 2.34 bits per heavy atom. The fraction of sp³-hybridized carbons (Fsp3) is 0.100. The summed E-state index contributed by atoms with van der Waals surface area (Å²) in [4.78, 5) is 17.1. The first-order chi connectivity index (χ1) is 13.8. The van der Waals surface area contributed by atoms with Gasteiger partial charge in [0.15, 0.2) is 0 Å². The predicted octanol–water partition coefficient (Wildman–Crippen LogP) is 4.58. The first kappa shape index (κ1) is 21.2. The summed E-state index contributed by atoms with van der Waals surface area (Å²) in [6.45, 7) is 1.90. The SMILES string of the molecule is Cc1ccc(S(=O)(=O)Nc2ccc(SCC(=O)Nc3ccc(Cl)cn3)cc2)cc1. The number of sulfonamides is 1. The van der Waals surface area contributed by atoms with Crippen LogP contribution in [0.4, 0.5) is 11.5 Å². The van der Waals surface area contributed by atoms with E-state index in [0.717, 1.165) is 10.5 Å². The van der Waals surface area contributed by atoms with E-state index in [1.54, 1.807) is 60.7 Å². The van der Waals surface area contributed by atoms with Crippen molar-refractivity contribution in [3.05, 3.63) is 77.4 Å². The van der Waals surface area contributed by atoms with Gasteiger partial charge in [-0.1, -0.05) is 29.3 Å². The standard InChI is InChI=1S/C20H18ClN3O3S2/c1-14-2-9-18(10-3-14)29(26,27)24-16-5-7-17(8-6-16)28-13-20(25)23-19-11-4-15(21)12-22-19/h2-12,24H,13H2,1H3,(H,22,23,25). The van der Waals surface area contributed by atoms with Crippen molar-refractivity contribution in [3.8, 4) is 0 Å². The van der Waals surface area contributed by atoms with E-state index in [9.17, 15) is 13.2 Å². The van der Waals surface area contributed by atoms with Gasteiger partial charge in [0, 0.05) is 16.8 Å². The van der Waals surface area contributed by atoms with Crippen molar-refractivity contribution in [2.24, 2.45) is 0 Å². The zero-order chi connectivity index (χ0) is 20.9. The normalized spacial score (nSPS) is 11.1. The van der Waals surface area contributed by atoms with Crippen LogP contribution >= 0.6 is 23.4 Å². The van der Waals surface area contributed by atoms with Gasteiger partial charge in [-0.15, -0.1) is 11.8 Å². The van der Waals surface area contributed by atoms with Gasteiger partial charge in [0.2, 0.25) is 5.91 Å². The van der Waals surface area contributed by atoms with Gasteiger partial charge >= 0.3 is 0 Å². The Balaban J connectivity index is 1.55. The molecule has 0 aliphatic rings. The molecule has 0 aliphatic heterocycles. The number of nitrogens with zero attached hydrogens (tertiary/aromatic N) is 1. The minimum atomic E-state index is -3.64. The second kappa shape index (κ2) is 9.30. The lowest BCUT2D eigenvalue weighted by Crippen LogP contribution is -2.14. The quantitative estimate of drug-likeness (QED) is 0.518. The zero-order valence-corrected chi connectivity index (χ0v) is 17.8. The van der Waals surface area contributed by atoms with E-state index in [0.29, 0.717) is 16.5 Å². The average molecular weight is 448 g/mol. The summed E-state index contributed by atoms with van der Waals surface area (Å²) in [5.41, 5.74) is 1.44. The number of rotatable bonds is 7. The topological polar surface area (TPSA) is 88.2 Å². The number of hydrogen-bond donors (Lipinski definition) is 2. The average Bonchev–Trinajstić information content (AvgIpc) is 2.69. The maximum atomic E-state index is 12.4. The largest absolute Gasteiger partial charge is 0.310 e. The Hall–Kier alpha value is -2.55. The van der Waals surface area contributed by atoms with Gasteiger partial charge in [0.25, 0.3) is 10.0 Å². The summed E-state index contributed by atoms with van der Waals surface area (Å²) in [6.07, 6.45) is 1.46. The van der Waals surface area contributed by atoms with Crippen molar-refractivity contribution in [1.82, 2.24) is 4.98 Å². The van der Waals surface area contributed by atoms with Crippen LogP contribution in [-0.4, -0.2) is 25.1 Å². The van der Waals surface area contributed by atoms with Gasteiger partial charge < -0.3 is 5.32 Å². The second-order valence-corrected chi connectivity index (χ2v) is 9.31. The summed E-state index contributed by atoms with van der Waals surface area (Å²) in [5, 5.41) is 3.18. The highest BCUT2D eigenvalue weighted by Gasteiger charge is 2.13. The lowest BCUT2D eigenvalue weighted by atomic mass is 10.2. The number of aryl methyl sites for hydroxylation is 1. The molecule has 0 saturated carbocycles. The Kier molecular flexibility index (Phi) is 6.79. The highest BCUT2D eigenvalue weighted by atomic mass is 35.5. The van der Waals surface area contributed by atoms with Gasteiger partial charge in [-0.3, -0.25) is 9.52 Å². The molecule has 1 heterocycles. The number of hydrogen-bond acceptors (Lipinski definition) is 5. The molecule has 9 heteroatoms. The molecule has 3 rings (SSSR count). The summed E-state index contributed by atoms with van der Waals surface area (Å²) >= 11 is 7.09. The highest BCUT2D eigenvalue weighted by Crippen LogP contribution is 2.22. The van der Waals surface area contributed by atoms with Gasteiger partial charge in [0.1, 0.15) is 5.82 Å². The van der Waals surface area contributed by atoms with Crippen molar-refractivity contribution >= 4 is 50.8 Å². The van der Waals surface area contributed by atoms with Gasteiger partial charge in [0.05, 0.1) is 15.7 Å². The molecule has 1 aromatic heterocycles. The maximum Gasteiger partial charge on any atom is 0.261 e. The number of thioether (sulfide) groups is 1. The van der Waals surface area contributed by atoms with Crippen LogP contribution in [-0.2, 0) is 14.8 Å². The third kappa shape index (κ3) is 6.22. The molecule has 0 fully saturated rings. The molecule has 0 spiro atoms. The van der Waals surface area contributed by atoms with E-state index in [1.807, 2.05) is 6.92 Å². The Bertz CT molecular complexity index is 1090. The van der Waals surface area contributed by atoms with Crippen LogP contribution in [0.1, 0.15) is 5.56 Å². The highest BCUT2D eigenvalue weighted by molar-refractivity contribution is 8.00. The zero-order valence-electron chi connectivity index (χ0n) is 15.4. The lowest BCUT2D eigenvalue weighted by molar-refractivity contribution is -0.113. The number of pyridine rings is 1. The molecule has 3 aromatic rings. The van der Waals surface area contributed by atoms with Crippen LogP contribution in [0.5, 0.6) is 0 Å². The van der Waals surface area contributed by atoms with Crippen molar-refractivity contribution in [2.75, 3.05) is 15.8 Å². The minimum Gasteiger partial charge on any atom is -0.310 e. The number of halogens is 1. The lowest BCUT2D eigenvalue weighted by Gasteiger charge is -2.09. The summed E-state index contributed by atoms with van der Waals surface area (Å²) < 4.78 is 27.4. The monoisotopic (exact) mass is 447 g/mol. The molecule has 2 aromatic carbocycles. The molecule has 0 unspecified atom stereocenters. The number of anilines is 2. The van der Waals surface area contributed by atoms with Crippen LogP contribution in [0.15, 0.2) is 76.7 Å². The molecule has 0 aliphatic carbocycles. The second-order valence-electron chi connectivity index (χ2n) is 6.14. The molecule has 0 saturated heterocycles. The fourth-order valence-corrected chi connectivity index (χ4v) is 4.20. The molecule has 150 valence electrons. The van der Waals surface area contributed by atoms with E-state index < -0.39 is 10.0 Å². The summed E-state index contributed by atoms with van der Waals surface area (Å²) in [6, 6.07) is 16.7. The molecule has 6 nitrogen and oxygen atoms in total. The fourth-order valence-electron chi connectivity index (χ4n) is 2.33. The van der Waals surface area contributed by atoms with Gasteiger partial charge in [-0.25, -0.2) is 13.4 Å². The third-order valence-corrected chi connectivity index (χ3v) is 6.44. The number of carbonyl (C=O) groups excluding carboxylic acids is 1. The number of aromatic nitrogens is 1. The smallest absolute Gasteiger partial charge is 0.261 e. The molecule has 0 bridgehead atoms. The van der Waals surface area contributed by atoms with E-state index in [1.165, 1.54) is 18.0 Å². The summed E-state index contributed by atoms with van der Waals surface area (Å²) in [5.74, 6) is 0.425. The van der Waals surface area contributed by atoms with Crippen LogP contribution < -0.4 is 10.0 Å². The van der Waals surface area contributed by atoms with Crippen molar-refractivity contribution in [2.45, 2.75) is 16.7 Å². The van der Waals surface area contributed by atoms with Crippen LogP contribution in [0.2, 0.25) is 5.02 Å². The molecule has 0 atom stereocenters. The van der Waals surface area contributed by atoms with Crippen molar-refractivity contribution in [3.63, 3.8) is 0 Å². The van der Waals surface area contributed by atoms with Crippen molar-refractivity contribution < 1.29 is 13.2 Å².